The number of carbonyl (C=O) groups excluding carboxylic acids is 3. The van der Waals surface area contributed by atoms with Gasteiger partial charge >= 0.3 is 12.0 Å². The van der Waals surface area contributed by atoms with Gasteiger partial charge in [0.05, 0.1) is 31.8 Å². The summed E-state index contributed by atoms with van der Waals surface area (Å²) in [6.45, 7) is 6.56. The maximum Gasteiger partial charge on any atom is 0.338 e. The molecule has 0 saturated carbocycles. The lowest BCUT2D eigenvalue weighted by Crippen LogP contribution is -2.40. The van der Waals surface area contributed by atoms with Gasteiger partial charge in [0.25, 0.3) is 5.91 Å². The Hall–Kier alpha value is -4.00. The Morgan fingerprint density at radius 1 is 1.36 bits per heavy atom. The van der Waals surface area contributed by atoms with Gasteiger partial charge in [-0.25, -0.2) is 9.59 Å². The van der Waals surface area contributed by atoms with Crippen molar-refractivity contribution in [3.63, 3.8) is 0 Å². The van der Waals surface area contributed by atoms with Crippen LogP contribution in [0.2, 0.25) is 0 Å². The smallest absolute Gasteiger partial charge is 0.338 e. The molecule has 0 radical (unpaired) electrons. The minimum absolute atomic E-state index is 0.0518. The zero-order chi connectivity index (χ0) is 24.5. The van der Waals surface area contributed by atoms with Crippen molar-refractivity contribution in [1.82, 2.24) is 10.2 Å². The van der Waals surface area contributed by atoms with E-state index < -0.39 is 23.5 Å². The van der Waals surface area contributed by atoms with Crippen LogP contribution in [0.25, 0.3) is 0 Å². The van der Waals surface area contributed by atoms with Gasteiger partial charge in [-0.1, -0.05) is 6.07 Å². The number of allylic oxidation sites excluding steroid dienone is 2. The van der Waals surface area contributed by atoms with Crippen LogP contribution in [-0.4, -0.2) is 42.1 Å². The van der Waals surface area contributed by atoms with Gasteiger partial charge in [0.1, 0.15) is 28.7 Å². The second kappa shape index (κ2) is 8.86. The van der Waals surface area contributed by atoms with Gasteiger partial charge in [0, 0.05) is 5.56 Å². The average molecular weight is 454 g/mol. The predicted octanol–water partition coefficient (Wildman–Crippen LogP) is 2.17. The number of hydrogen-bond donors (Lipinski definition) is 2. The number of rotatable bonds is 6. The molecule has 1 aromatic rings. The highest BCUT2D eigenvalue weighted by Gasteiger charge is 2.44. The summed E-state index contributed by atoms with van der Waals surface area (Å²) in [5.41, 5.74) is 6.17. The molecule has 33 heavy (non-hydrogen) atoms. The van der Waals surface area contributed by atoms with Crippen LogP contribution in [-0.2, 0) is 25.6 Å². The second-order valence-electron chi connectivity index (χ2n) is 8.13. The molecule has 0 bridgehead atoms. The molecule has 0 aliphatic carbocycles. The van der Waals surface area contributed by atoms with E-state index in [1.807, 2.05) is 6.07 Å². The minimum Gasteiger partial charge on any atom is -0.496 e. The quantitative estimate of drug-likeness (QED) is 0.492. The van der Waals surface area contributed by atoms with E-state index in [-0.39, 0.29) is 41.8 Å². The normalized spacial score (nSPS) is 19.8. The number of hydrogen-bond acceptors (Lipinski definition) is 8. The Morgan fingerprint density at radius 2 is 2.06 bits per heavy atom. The number of carbonyl (C=O) groups is 3. The van der Waals surface area contributed by atoms with E-state index in [0.717, 1.165) is 4.90 Å². The summed E-state index contributed by atoms with van der Waals surface area (Å²) in [5.74, 6) is -1.31. The SMILES string of the molecule is CCOC(=O)C1=C(C)OC(N)=C(C#N)C1c1ccc(OC)c(CN2C(=O)NC(C)(C)C2=O)c1. The zero-order valence-electron chi connectivity index (χ0n) is 19.1. The Morgan fingerprint density at radius 3 is 2.61 bits per heavy atom. The summed E-state index contributed by atoms with van der Waals surface area (Å²) < 4.78 is 16.1. The highest BCUT2D eigenvalue weighted by atomic mass is 16.5. The predicted molar refractivity (Wildman–Crippen MR) is 116 cm³/mol. The molecule has 2 heterocycles. The number of nitrogens with zero attached hydrogens (tertiary/aromatic N) is 2. The van der Waals surface area contributed by atoms with Crippen LogP contribution in [0.3, 0.4) is 0 Å². The molecular weight excluding hydrogens is 428 g/mol. The number of benzene rings is 1. The molecule has 3 N–H and O–H groups in total. The van der Waals surface area contributed by atoms with Crippen molar-refractivity contribution in [3.8, 4) is 11.8 Å². The molecule has 1 atom stereocenters. The van der Waals surface area contributed by atoms with Gasteiger partial charge in [-0.15, -0.1) is 0 Å². The van der Waals surface area contributed by atoms with Crippen LogP contribution in [0, 0.1) is 11.3 Å². The molecule has 3 amide bonds. The Labute approximate surface area is 191 Å². The lowest BCUT2D eigenvalue weighted by Gasteiger charge is -2.27. The van der Waals surface area contributed by atoms with Crippen molar-refractivity contribution in [2.45, 2.75) is 45.7 Å². The van der Waals surface area contributed by atoms with Crippen LogP contribution in [0.5, 0.6) is 5.75 Å². The standard InChI is InChI=1S/C23H26N4O6/c1-6-32-20(28)17-12(2)33-19(25)15(10-24)18(17)13-7-8-16(31-5)14(9-13)11-27-21(29)23(3,4)26-22(27)30/h7-9,18H,6,11,25H2,1-5H3,(H,26,30). The largest absolute Gasteiger partial charge is 0.496 e. The van der Waals surface area contributed by atoms with E-state index in [9.17, 15) is 19.6 Å². The van der Waals surface area contributed by atoms with Crippen molar-refractivity contribution in [2.24, 2.45) is 5.73 Å². The first-order chi connectivity index (χ1) is 15.5. The molecule has 1 aromatic carbocycles. The van der Waals surface area contributed by atoms with Crippen molar-refractivity contribution < 1.29 is 28.6 Å². The lowest BCUT2D eigenvalue weighted by molar-refractivity contribution is -0.139. The first-order valence-electron chi connectivity index (χ1n) is 10.3. The number of urea groups is 1. The number of nitriles is 1. The fourth-order valence-corrected chi connectivity index (χ4v) is 3.92. The summed E-state index contributed by atoms with van der Waals surface area (Å²) in [6.07, 6.45) is 0. The van der Waals surface area contributed by atoms with Crippen molar-refractivity contribution >= 4 is 17.9 Å². The Bertz CT molecular complexity index is 1130. The summed E-state index contributed by atoms with van der Waals surface area (Å²) >= 11 is 0. The first kappa shape index (κ1) is 23.7. The van der Waals surface area contributed by atoms with Crippen molar-refractivity contribution in [2.75, 3.05) is 13.7 Å². The maximum absolute atomic E-state index is 12.7. The van der Waals surface area contributed by atoms with Gasteiger partial charge in [0.2, 0.25) is 5.88 Å². The van der Waals surface area contributed by atoms with Crippen LogP contribution < -0.4 is 15.8 Å². The molecule has 10 heteroatoms. The summed E-state index contributed by atoms with van der Waals surface area (Å²) in [6, 6.07) is 6.51. The Balaban J connectivity index is 2.10. The number of methoxy groups -OCH3 is 1. The average Bonchev–Trinajstić information content (AvgIpc) is 2.94. The highest BCUT2D eigenvalue weighted by Crippen LogP contribution is 2.41. The first-order valence-corrected chi connectivity index (χ1v) is 10.3. The maximum atomic E-state index is 12.7. The zero-order valence-corrected chi connectivity index (χ0v) is 19.1. The van der Waals surface area contributed by atoms with E-state index in [1.165, 1.54) is 7.11 Å². The molecule has 1 fully saturated rings. The third kappa shape index (κ3) is 4.22. The third-order valence-corrected chi connectivity index (χ3v) is 5.51. The number of ether oxygens (including phenoxy) is 3. The van der Waals surface area contributed by atoms with Gasteiger partial charge in [-0.3, -0.25) is 9.69 Å². The molecule has 1 saturated heterocycles. The van der Waals surface area contributed by atoms with Gasteiger partial charge in [-0.2, -0.15) is 5.26 Å². The number of esters is 1. The van der Waals surface area contributed by atoms with Crippen molar-refractivity contribution in [1.29, 1.82) is 5.26 Å². The number of amides is 3. The molecule has 10 nitrogen and oxygen atoms in total. The number of nitrogens with two attached hydrogens (primary N) is 1. The molecule has 3 rings (SSSR count). The number of nitrogens with one attached hydrogen (secondary N) is 1. The molecule has 0 aromatic heterocycles. The van der Waals surface area contributed by atoms with Gasteiger partial charge < -0.3 is 25.3 Å². The van der Waals surface area contributed by atoms with Crippen LogP contribution >= 0.6 is 0 Å². The van der Waals surface area contributed by atoms with E-state index in [2.05, 4.69) is 5.32 Å². The molecular formula is C23H26N4O6. The molecule has 1 unspecified atom stereocenters. The summed E-state index contributed by atoms with van der Waals surface area (Å²) in [5, 5.41) is 12.4. The molecule has 2 aliphatic rings. The van der Waals surface area contributed by atoms with Crippen LogP contribution in [0.15, 0.2) is 41.0 Å². The van der Waals surface area contributed by atoms with Crippen molar-refractivity contribution in [3.05, 3.63) is 52.1 Å². The van der Waals surface area contributed by atoms with E-state index in [0.29, 0.717) is 16.9 Å². The van der Waals surface area contributed by atoms with E-state index in [4.69, 9.17) is 19.9 Å². The van der Waals surface area contributed by atoms with Crippen LogP contribution in [0.4, 0.5) is 4.79 Å². The summed E-state index contributed by atoms with van der Waals surface area (Å²) in [4.78, 5) is 38.9. The van der Waals surface area contributed by atoms with E-state index in [1.54, 1.807) is 45.9 Å². The van der Waals surface area contributed by atoms with E-state index >= 15 is 0 Å². The molecule has 0 spiro atoms. The van der Waals surface area contributed by atoms with Crippen LogP contribution in [0.1, 0.15) is 44.7 Å². The lowest BCUT2D eigenvalue weighted by atomic mass is 9.82. The summed E-state index contributed by atoms with van der Waals surface area (Å²) in [7, 11) is 1.47. The molecule has 2 aliphatic heterocycles. The fraction of sp³-hybridized carbons (Fsp3) is 0.391. The minimum atomic E-state index is -1.02. The second-order valence-corrected chi connectivity index (χ2v) is 8.13. The fourth-order valence-electron chi connectivity index (χ4n) is 3.92. The highest BCUT2D eigenvalue weighted by molar-refractivity contribution is 6.06. The monoisotopic (exact) mass is 454 g/mol. The number of imide groups is 1. The Kier molecular flexibility index (Phi) is 6.35. The van der Waals surface area contributed by atoms with Gasteiger partial charge in [0.15, 0.2) is 0 Å². The molecule has 174 valence electrons. The van der Waals surface area contributed by atoms with Gasteiger partial charge in [-0.05, 0) is 45.4 Å². The topological polar surface area (TPSA) is 144 Å². The third-order valence-electron chi connectivity index (χ3n) is 5.51.